The highest BCUT2D eigenvalue weighted by Gasteiger charge is 2.46. The lowest BCUT2D eigenvalue weighted by Gasteiger charge is -2.41. The van der Waals surface area contributed by atoms with Crippen LogP contribution >= 0.6 is 0 Å². The van der Waals surface area contributed by atoms with Crippen LogP contribution in [0.1, 0.15) is 33.1 Å². The lowest BCUT2D eigenvalue weighted by molar-refractivity contribution is -0.158. The van der Waals surface area contributed by atoms with Crippen LogP contribution in [0, 0.1) is 11.8 Å². The summed E-state index contributed by atoms with van der Waals surface area (Å²) in [5.74, 6) is -0.0796. The molecule has 1 saturated carbocycles. The first-order valence-electron chi connectivity index (χ1n) is 4.49. The molecule has 1 nitrogen and oxygen atoms in total. The topological polar surface area (TPSA) is 20.2 Å². The monoisotopic (exact) mass is 178 g/mol. The Balaban J connectivity index is 2.74. The van der Waals surface area contributed by atoms with Crippen molar-refractivity contribution >= 4 is 0 Å². The Kier molecular flexibility index (Phi) is 2.71. The highest BCUT2D eigenvalue weighted by atomic mass is 19.3. The minimum Gasteiger partial charge on any atom is -0.384 e. The summed E-state index contributed by atoms with van der Waals surface area (Å²) in [5.41, 5.74) is -1.72. The van der Waals surface area contributed by atoms with Crippen molar-refractivity contribution in [2.75, 3.05) is 0 Å². The standard InChI is InChI=1S/C9H16F2O/c1-6-4-3-5-9(12,7(6)2)8(10)11/h6-8,12H,3-5H2,1-2H3. The predicted molar refractivity (Wildman–Crippen MR) is 43.1 cm³/mol. The zero-order chi connectivity index (χ0) is 9.35. The minimum absolute atomic E-state index is 0.206. The molecular weight excluding hydrogens is 162 g/mol. The summed E-state index contributed by atoms with van der Waals surface area (Å²) in [7, 11) is 0. The molecule has 1 aliphatic carbocycles. The molecule has 72 valence electrons. The fourth-order valence-electron chi connectivity index (χ4n) is 1.99. The van der Waals surface area contributed by atoms with Crippen LogP contribution in [0.3, 0.4) is 0 Å². The van der Waals surface area contributed by atoms with E-state index < -0.39 is 12.0 Å². The fraction of sp³-hybridized carbons (Fsp3) is 1.00. The summed E-state index contributed by atoms with van der Waals surface area (Å²) in [6.45, 7) is 3.65. The summed E-state index contributed by atoms with van der Waals surface area (Å²) in [4.78, 5) is 0. The second-order valence-electron chi connectivity index (χ2n) is 3.95. The molecule has 0 heterocycles. The van der Waals surface area contributed by atoms with Crippen molar-refractivity contribution in [3.63, 3.8) is 0 Å². The van der Waals surface area contributed by atoms with E-state index in [4.69, 9.17) is 0 Å². The molecule has 0 aromatic carbocycles. The quantitative estimate of drug-likeness (QED) is 0.653. The van der Waals surface area contributed by atoms with E-state index in [0.717, 1.165) is 6.42 Å². The number of alkyl halides is 2. The normalized spacial score (nSPS) is 43.5. The van der Waals surface area contributed by atoms with Gasteiger partial charge in [-0.15, -0.1) is 0 Å². The molecule has 3 heteroatoms. The van der Waals surface area contributed by atoms with Gasteiger partial charge >= 0.3 is 0 Å². The van der Waals surface area contributed by atoms with Crippen LogP contribution in [0.25, 0.3) is 0 Å². The van der Waals surface area contributed by atoms with Crippen LogP contribution in [-0.4, -0.2) is 17.1 Å². The van der Waals surface area contributed by atoms with E-state index in [1.54, 1.807) is 6.92 Å². The number of halogens is 2. The first-order chi connectivity index (χ1) is 5.48. The molecule has 12 heavy (non-hydrogen) atoms. The van der Waals surface area contributed by atoms with Gasteiger partial charge in [-0.25, -0.2) is 8.78 Å². The van der Waals surface area contributed by atoms with E-state index in [1.165, 1.54) is 0 Å². The van der Waals surface area contributed by atoms with Crippen molar-refractivity contribution in [2.45, 2.75) is 45.1 Å². The van der Waals surface area contributed by atoms with E-state index in [-0.39, 0.29) is 18.3 Å². The van der Waals surface area contributed by atoms with Crippen molar-refractivity contribution in [3.8, 4) is 0 Å². The summed E-state index contributed by atoms with van der Waals surface area (Å²) in [6.07, 6.45) is -0.686. The minimum atomic E-state index is -2.60. The van der Waals surface area contributed by atoms with Crippen LogP contribution in [-0.2, 0) is 0 Å². The van der Waals surface area contributed by atoms with E-state index in [2.05, 4.69) is 0 Å². The third-order valence-electron chi connectivity index (χ3n) is 3.26. The number of rotatable bonds is 1. The molecule has 0 aromatic heterocycles. The molecular formula is C9H16F2O. The molecule has 1 aliphatic rings. The SMILES string of the molecule is CC1CCCC(O)(C(F)F)C1C. The molecule has 0 saturated heterocycles. The van der Waals surface area contributed by atoms with Crippen molar-refractivity contribution < 1.29 is 13.9 Å². The van der Waals surface area contributed by atoms with Crippen LogP contribution in [0.2, 0.25) is 0 Å². The Labute approximate surface area is 71.8 Å². The average molecular weight is 178 g/mol. The second-order valence-corrected chi connectivity index (χ2v) is 3.95. The van der Waals surface area contributed by atoms with E-state index in [0.29, 0.717) is 6.42 Å². The van der Waals surface area contributed by atoms with Gasteiger partial charge in [0.25, 0.3) is 6.43 Å². The summed E-state index contributed by atoms with van der Waals surface area (Å²) >= 11 is 0. The van der Waals surface area contributed by atoms with Crippen molar-refractivity contribution in [1.29, 1.82) is 0 Å². The molecule has 0 spiro atoms. The van der Waals surface area contributed by atoms with Gasteiger partial charge in [0, 0.05) is 0 Å². The summed E-state index contributed by atoms with van der Waals surface area (Å²) in [6, 6.07) is 0. The molecule has 1 rings (SSSR count). The third-order valence-corrected chi connectivity index (χ3v) is 3.26. The first kappa shape index (κ1) is 9.90. The van der Waals surface area contributed by atoms with Gasteiger partial charge in [0.2, 0.25) is 0 Å². The molecule has 0 aliphatic heterocycles. The maximum atomic E-state index is 12.5. The molecule has 3 unspecified atom stereocenters. The lowest BCUT2D eigenvalue weighted by Crippen LogP contribution is -2.48. The molecule has 0 radical (unpaired) electrons. The zero-order valence-electron chi connectivity index (χ0n) is 7.56. The predicted octanol–water partition coefficient (Wildman–Crippen LogP) is 2.44. The zero-order valence-corrected chi connectivity index (χ0v) is 7.56. The number of aliphatic hydroxyl groups is 1. The Morgan fingerprint density at radius 3 is 2.42 bits per heavy atom. The summed E-state index contributed by atoms with van der Waals surface area (Å²) in [5, 5.41) is 9.64. The van der Waals surface area contributed by atoms with Gasteiger partial charge in [-0.05, 0) is 18.3 Å². The number of hydrogen-bond acceptors (Lipinski definition) is 1. The van der Waals surface area contributed by atoms with Crippen molar-refractivity contribution in [2.24, 2.45) is 11.8 Å². The van der Waals surface area contributed by atoms with Gasteiger partial charge in [0.05, 0.1) is 0 Å². The Hall–Kier alpha value is -0.180. The first-order valence-corrected chi connectivity index (χ1v) is 4.49. The second kappa shape index (κ2) is 3.29. The highest BCUT2D eigenvalue weighted by molar-refractivity contribution is 4.92. The van der Waals surface area contributed by atoms with Gasteiger partial charge in [0.15, 0.2) is 0 Å². The smallest absolute Gasteiger partial charge is 0.267 e. The number of hydrogen-bond donors (Lipinski definition) is 1. The Morgan fingerprint density at radius 1 is 1.42 bits per heavy atom. The highest BCUT2D eigenvalue weighted by Crippen LogP contribution is 2.40. The fourth-order valence-corrected chi connectivity index (χ4v) is 1.99. The molecule has 1 N–H and O–H groups in total. The van der Waals surface area contributed by atoms with Crippen molar-refractivity contribution in [3.05, 3.63) is 0 Å². The van der Waals surface area contributed by atoms with Crippen molar-refractivity contribution in [1.82, 2.24) is 0 Å². The van der Waals surface area contributed by atoms with E-state index in [9.17, 15) is 13.9 Å². The Morgan fingerprint density at radius 2 is 2.00 bits per heavy atom. The largest absolute Gasteiger partial charge is 0.384 e. The van der Waals surface area contributed by atoms with E-state index >= 15 is 0 Å². The van der Waals surface area contributed by atoms with Crippen LogP contribution in [0.15, 0.2) is 0 Å². The lowest BCUT2D eigenvalue weighted by atomic mass is 9.71. The third kappa shape index (κ3) is 1.47. The van der Waals surface area contributed by atoms with Gasteiger partial charge in [-0.1, -0.05) is 26.7 Å². The molecule has 0 aromatic rings. The molecule has 1 fully saturated rings. The van der Waals surface area contributed by atoms with Crippen LogP contribution < -0.4 is 0 Å². The van der Waals surface area contributed by atoms with Gasteiger partial charge in [0.1, 0.15) is 5.60 Å². The van der Waals surface area contributed by atoms with E-state index in [1.807, 2.05) is 6.92 Å². The van der Waals surface area contributed by atoms with Gasteiger partial charge < -0.3 is 5.11 Å². The molecule has 3 atom stereocenters. The van der Waals surface area contributed by atoms with Gasteiger partial charge in [-0.2, -0.15) is 0 Å². The maximum Gasteiger partial charge on any atom is 0.267 e. The average Bonchev–Trinajstić information content (AvgIpc) is 2.00. The molecule has 0 amide bonds. The van der Waals surface area contributed by atoms with Crippen LogP contribution in [0.4, 0.5) is 8.78 Å². The summed E-state index contributed by atoms with van der Waals surface area (Å²) < 4.78 is 25.0. The van der Waals surface area contributed by atoms with Gasteiger partial charge in [-0.3, -0.25) is 0 Å². The maximum absolute atomic E-state index is 12.5. The van der Waals surface area contributed by atoms with Crippen LogP contribution in [0.5, 0.6) is 0 Å². The Bertz CT molecular complexity index is 161. The molecule has 0 bridgehead atoms.